The van der Waals surface area contributed by atoms with E-state index < -0.39 is 0 Å². The van der Waals surface area contributed by atoms with Crippen LogP contribution in [-0.4, -0.2) is 15.2 Å². The summed E-state index contributed by atoms with van der Waals surface area (Å²) in [5.74, 6) is 0. The summed E-state index contributed by atoms with van der Waals surface area (Å²) >= 11 is 6.02. The molecule has 3 rings (SSSR count). The summed E-state index contributed by atoms with van der Waals surface area (Å²) in [5, 5.41) is 7.55. The summed E-state index contributed by atoms with van der Waals surface area (Å²) in [6.45, 7) is 1.92. The SMILES string of the molecule is Cc1cc2c(cc1Cl)ncc1c(=O)[nH][nH]c12. The van der Waals surface area contributed by atoms with Crippen molar-refractivity contribution in [2.24, 2.45) is 0 Å². The maximum Gasteiger partial charge on any atom is 0.273 e. The topological polar surface area (TPSA) is 61.5 Å². The standard InChI is InChI=1S/C11H8ClN3O/c1-5-2-6-9(3-8(5)12)13-4-7-10(6)14-15-11(7)16/h2-4H,1H3,(H2,14,15,16). The van der Waals surface area contributed by atoms with Gasteiger partial charge in [-0.25, -0.2) is 0 Å². The van der Waals surface area contributed by atoms with Gasteiger partial charge < -0.3 is 0 Å². The first-order valence-electron chi connectivity index (χ1n) is 4.82. The molecule has 2 aromatic heterocycles. The van der Waals surface area contributed by atoms with Crippen LogP contribution in [0.25, 0.3) is 21.8 Å². The van der Waals surface area contributed by atoms with E-state index in [1.807, 2.05) is 13.0 Å². The zero-order chi connectivity index (χ0) is 11.3. The third kappa shape index (κ3) is 1.17. The van der Waals surface area contributed by atoms with Crippen LogP contribution in [0.15, 0.2) is 23.1 Å². The molecule has 4 nitrogen and oxygen atoms in total. The number of H-pyrrole nitrogens is 2. The molecule has 3 aromatic rings. The van der Waals surface area contributed by atoms with Gasteiger partial charge in [0.15, 0.2) is 0 Å². The summed E-state index contributed by atoms with van der Waals surface area (Å²) < 4.78 is 0. The molecule has 80 valence electrons. The number of nitrogens with zero attached hydrogens (tertiary/aromatic N) is 1. The summed E-state index contributed by atoms with van der Waals surface area (Å²) in [5.41, 5.74) is 2.36. The van der Waals surface area contributed by atoms with Crippen LogP contribution >= 0.6 is 11.6 Å². The maximum atomic E-state index is 11.4. The number of aromatic nitrogens is 3. The van der Waals surface area contributed by atoms with Crippen LogP contribution in [0.2, 0.25) is 5.02 Å². The van der Waals surface area contributed by atoms with Gasteiger partial charge >= 0.3 is 0 Å². The number of rotatable bonds is 0. The van der Waals surface area contributed by atoms with Crippen molar-refractivity contribution in [3.8, 4) is 0 Å². The Morgan fingerprint density at radius 2 is 2.06 bits per heavy atom. The second kappa shape index (κ2) is 3.09. The van der Waals surface area contributed by atoms with Gasteiger partial charge in [0, 0.05) is 16.6 Å². The number of fused-ring (bicyclic) bond motifs is 3. The van der Waals surface area contributed by atoms with Crippen molar-refractivity contribution in [1.29, 1.82) is 0 Å². The smallest absolute Gasteiger partial charge is 0.273 e. The molecule has 0 amide bonds. The van der Waals surface area contributed by atoms with Crippen molar-refractivity contribution in [2.75, 3.05) is 0 Å². The Labute approximate surface area is 95.2 Å². The normalized spacial score (nSPS) is 11.4. The molecule has 0 aliphatic heterocycles. The van der Waals surface area contributed by atoms with E-state index in [0.717, 1.165) is 22.0 Å². The third-order valence-electron chi connectivity index (χ3n) is 2.69. The lowest BCUT2D eigenvalue weighted by Gasteiger charge is -2.02. The Bertz CT molecular complexity index is 757. The predicted octanol–water partition coefficient (Wildman–Crippen LogP) is 2.37. The highest BCUT2D eigenvalue weighted by Crippen LogP contribution is 2.25. The minimum atomic E-state index is -0.156. The fourth-order valence-electron chi connectivity index (χ4n) is 1.82. The second-order valence-corrected chi connectivity index (χ2v) is 4.15. The first-order chi connectivity index (χ1) is 7.66. The van der Waals surface area contributed by atoms with E-state index in [4.69, 9.17) is 11.6 Å². The molecule has 0 atom stereocenters. The molecule has 1 aromatic carbocycles. The van der Waals surface area contributed by atoms with Crippen LogP contribution in [0.3, 0.4) is 0 Å². The van der Waals surface area contributed by atoms with Gasteiger partial charge in [-0.1, -0.05) is 11.6 Å². The van der Waals surface area contributed by atoms with E-state index in [1.54, 1.807) is 12.3 Å². The van der Waals surface area contributed by atoms with Crippen LogP contribution in [0.1, 0.15) is 5.56 Å². The van der Waals surface area contributed by atoms with Crippen molar-refractivity contribution in [1.82, 2.24) is 15.2 Å². The highest BCUT2D eigenvalue weighted by molar-refractivity contribution is 6.32. The van der Waals surface area contributed by atoms with Gasteiger partial charge in [0.05, 0.1) is 16.4 Å². The molecule has 0 bridgehead atoms. The van der Waals surface area contributed by atoms with Crippen molar-refractivity contribution < 1.29 is 0 Å². The first kappa shape index (κ1) is 9.42. The van der Waals surface area contributed by atoms with Crippen molar-refractivity contribution in [2.45, 2.75) is 6.92 Å². The Morgan fingerprint density at radius 3 is 2.88 bits per heavy atom. The molecule has 0 unspecified atom stereocenters. The maximum absolute atomic E-state index is 11.4. The molecule has 16 heavy (non-hydrogen) atoms. The molecule has 0 aliphatic rings. The lowest BCUT2D eigenvalue weighted by molar-refractivity contribution is 1.08. The monoisotopic (exact) mass is 233 g/mol. The van der Waals surface area contributed by atoms with E-state index in [0.29, 0.717) is 10.4 Å². The van der Waals surface area contributed by atoms with Crippen LogP contribution in [0.4, 0.5) is 0 Å². The molecule has 0 saturated heterocycles. The van der Waals surface area contributed by atoms with Crippen LogP contribution in [0.5, 0.6) is 0 Å². The summed E-state index contributed by atoms with van der Waals surface area (Å²) in [6, 6.07) is 3.73. The largest absolute Gasteiger partial charge is 0.297 e. The fourth-order valence-corrected chi connectivity index (χ4v) is 1.97. The van der Waals surface area contributed by atoms with E-state index in [9.17, 15) is 4.79 Å². The molecular weight excluding hydrogens is 226 g/mol. The Balaban J connectivity index is 2.60. The van der Waals surface area contributed by atoms with Crippen LogP contribution < -0.4 is 5.56 Å². The number of benzene rings is 1. The number of nitrogens with one attached hydrogen (secondary N) is 2. The molecular formula is C11H8ClN3O. The van der Waals surface area contributed by atoms with E-state index in [-0.39, 0.29) is 5.56 Å². The molecule has 2 N–H and O–H groups in total. The van der Waals surface area contributed by atoms with Gasteiger partial charge in [-0.2, -0.15) is 0 Å². The Hall–Kier alpha value is -1.81. The minimum absolute atomic E-state index is 0.156. The molecule has 0 saturated carbocycles. The van der Waals surface area contributed by atoms with Crippen LogP contribution in [0, 0.1) is 6.92 Å². The van der Waals surface area contributed by atoms with E-state index in [2.05, 4.69) is 15.2 Å². The molecule has 5 heteroatoms. The summed E-state index contributed by atoms with van der Waals surface area (Å²) in [6.07, 6.45) is 1.55. The van der Waals surface area contributed by atoms with Gasteiger partial charge in [-0.3, -0.25) is 20.0 Å². The highest BCUT2D eigenvalue weighted by atomic mass is 35.5. The first-order valence-corrected chi connectivity index (χ1v) is 5.20. The van der Waals surface area contributed by atoms with Crippen molar-refractivity contribution >= 4 is 33.4 Å². The fraction of sp³-hybridized carbons (Fsp3) is 0.0909. The van der Waals surface area contributed by atoms with Gasteiger partial charge in [-0.15, -0.1) is 0 Å². The predicted molar refractivity (Wildman–Crippen MR) is 64.0 cm³/mol. The summed E-state index contributed by atoms with van der Waals surface area (Å²) in [7, 11) is 0. The number of hydrogen-bond acceptors (Lipinski definition) is 2. The minimum Gasteiger partial charge on any atom is -0.297 e. The quantitative estimate of drug-likeness (QED) is 0.626. The number of aromatic amines is 2. The molecule has 0 aliphatic carbocycles. The van der Waals surface area contributed by atoms with E-state index >= 15 is 0 Å². The second-order valence-electron chi connectivity index (χ2n) is 3.74. The zero-order valence-corrected chi connectivity index (χ0v) is 9.22. The number of pyridine rings is 1. The average molecular weight is 234 g/mol. The molecule has 0 radical (unpaired) electrons. The lowest BCUT2D eigenvalue weighted by Crippen LogP contribution is -1.97. The van der Waals surface area contributed by atoms with Gasteiger partial charge in [-0.05, 0) is 24.6 Å². The summed E-state index contributed by atoms with van der Waals surface area (Å²) in [4.78, 5) is 15.6. The third-order valence-corrected chi connectivity index (χ3v) is 3.10. The Kier molecular flexibility index (Phi) is 1.82. The van der Waals surface area contributed by atoms with Crippen molar-refractivity contribution in [3.05, 3.63) is 39.3 Å². The van der Waals surface area contributed by atoms with E-state index in [1.165, 1.54) is 0 Å². The molecule has 0 spiro atoms. The van der Waals surface area contributed by atoms with Crippen molar-refractivity contribution in [3.63, 3.8) is 0 Å². The molecule has 0 fully saturated rings. The lowest BCUT2D eigenvalue weighted by atomic mass is 10.1. The molecule has 2 heterocycles. The zero-order valence-electron chi connectivity index (χ0n) is 8.47. The van der Waals surface area contributed by atoms with Gasteiger partial charge in [0.2, 0.25) is 0 Å². The van der Waals surface area contributed by atoms with Crippen LogP contribution in [-0.2, 0) is 0 Å². The number of aryl methyl sites for hydroxylation is 1. The number of hydrogen-bond donors (Lipinski definition) is 2. The average Bonchev–Trinajstić information content (AvgIpc) is 2.63. The number of halogens is 1. The Morgan fingerprint density at radius 1 is 1.25 bits per heavy atom. The van der Waals surface area contributed by atoms with Gasteiger partial charge in [0.1, 0.15) is 0 Å². The van der Waals surface area contributed by atoms with Gasteiger partial charge in [0.25, 0.3) is 5.56 Å². The highest BCUT2D eigenvalue weighted by Gasteiger charge is 2.08.